The van der Waals surface area contributed by atoms with Crippen molar-refractivity contribution in [3.8, 4) is 11.5 Å². The molecule has 0 bridgehead atoms. The molecule has 7 nitrogen and oxygen atoms in total. The normalized spacial score (nSPS) is 24.3. The molecule has 3 atom stereocenters. The maximum absolute atomic E-state index is 13.0. The molecule has 0 saturated carbocycles. The summed E-state index contributed by atoms with van der Waals surface area (Å²) in [5.41, 5.74) is 4.04. The van der Waals surface area contributed by atoms with Crippen molar-refractivity contribution in [1.29, 1.82) is 0 Å². The third-order valence-corrected chi connectivity index (χ3v) is 7.74. The fraction of sp³-hybridized carbons (Fsp3) is 0.548. The minimum Gasteiger partial charge on any atom is -0.487 e. The molecule has 204 valence electrons. The molecule has 3 heterocycles. The van der Waals surface area contributed by atoms with Crippen molar-refractivity contribution in [2.75, 3.05) is 6.61 Å². The summed E-state index contributed by atoms with van der Waals surface area (Å²) in [6.45, 7) is 8.81. The van der Waals surface area contributed by atoms with Crippen LogP contribution < -0.4 is 9.47 Å². The van der Waals surface area contributed by atoms with Crippen molar-refractivity contribution in [3.63, 3.8) is 0 Å². The van der Waals surface area contributed by atoms with E-state index in [1.165, 1.54) is 0 Å². The zero-order chi connectivity index (χ0) is 26.9. The van der Waals surface area contributed by atoms with E-state index in [1.807, 2.05) is 32.0 Å². The molecule has 7 heteroatoms. The molecule has 0 spiro atoms. The molecule has 5 rings (SSSR count). The van der Waals surface area contributed by atoms with Gasteiger partial charge in [-0.15, -0.1) is 0 Å². The van der Waals surface area contributed by atoms with Crippen LogP contribution in [0.4, 0.5) is 0 Å². The predicted octanol–water partition coefficient (Wildman–Crippen LogP) is 5.79. The molecule has 0 amide bonds. The van der Waals surface area contributed by atoms with Gasteiger partial charge in [0.1, 0.15) is 23.2 Å². The highest BCUT2D eigenvalue weighted by Crippen LogP contribution is 2.46. The van der Waals surface area contributed by atoms with E-state index in [4.69, 9.17) is 23.7 Å². The zero-order valence-corrected chi connectivity index (χ0v) is 22.8. The number of benzene rings is 2. The molecule has 2 saturated heterocycles. The van der Waals surface area contributed by atoms with Crippen molar-refractivity contribution < 1.29 is 33.3 Å². The second-order valence-corrected chi connectivity index (χ2v) is 11.3. The molecule has 2 aromatic carbocycles. The first-order chi connectivity index (χ1) is 18.2. The summed E-state index contributed by atoms with van der Waals surface area (Å²) in [5, 5.41) is 0. The van der Waals surface area contributed by atoms with Gasteiger partial charge < -0.3 is 23.7 Å². The maximum Gasteiger partial charge on any atom is 0.343 e. The third-order valence-electron chi connectivity index (χ3n) is 7.74. The lowest BCUT2D eigenvalue weighted by atomic mass is 9.90. The van der Waals surface area contributed by atoms with Crippen LogP contribution in [0.3, 0.4) is 0 Å². The summed E-state index contributed by atoms with van der Waals surface area (Å²) in [5.74, 6) is 0.843. The van der Waals surface area contributed by atoms with Crippen LogP contribution >= 0.6 is 0 Å². The Kier molecular flexibility index (Phi) is 7.78. The van der Waals surface area contributed by atoms with Gasteiger partial charge in [-0.2, -0.15) is 0 Å². The van der Waals surface area contributed by atoms with Crippen molar-refractivity contribution in [2.45, 2.75) is 103 Å². The second kappa shape index (κ2) is 11.1. The summed E-state index contributed by atoms with van der Waals surface area (Å²) >= 11 is 0. The summed E-state index contributed by atoms with van der Waals surface area (Å²) in [7, 11) is 0. The smallest absolute Gasteiger partial charge is 0.343 e. The number of rotatable bonds is 7. The average molecular weight is 523 g/mol. The lowest BCUT2D eigenvalue weighted by molar-refractivity contribution is -0.209. The fourth-order valence-corrected chi connectivity index (χ4v) is 5.80. The quantitative estimate of drug-likeness (QED) is 0.337. The molecule has 3 aliphatic rings. The van der Waals surface area contributed by atoms with E-state index in [9.17, 15) is 9.59 Å². The number of esters is 2. The Hall–Kier alpha value is -2.90. The van der Waals surface area contributed by atoms with Crippen LogP contribution in [-0.4, -0.2) is 42.6 Å². The van der Waals surface area contributed by atoms with E-state index in [0.717, 1.165) is 53.7 Å². The highest BCUT2D eigenvalue weighted by molar-refractivity contribution is 5.91. The fourth-order valence-electron chi connectivity index (χ4n) is 5.80. The molecule has 2 aromatic rings. The Morgan fingerprint density at radius 1 is 1.11 bits per heavy atom. The van der Waals surface area contributed by atoms with Crippen LogP contribution in [0.25, 0.3) is 0 Å². The molecule has 0 aliphatic carbocycles. The van der Waals surface area contributed by atoms with Crippen molar-refractivity contribution in [1.82, 2.24) is 0 Å². The van der Waals surface area contributed by atoms with Gasteiger partial charge in [-0.05, 0) is 83.1 Å². The topological polar surface area (TPSA) is 80.3 Å². The summed E-state index contributed by atoms with van der Waals surface area (Å²) in [4.78, 5) is 25.4. The summed E-state index contributed by atoms with van der Waals surface area (Å²) < 4.78 is 30.0. The Morgan fingerprint density at radius 3 is 2.63 bits per heavy atom. The first-order valence-electron chi connectivity index (χ1n) is 13.8. The third kappa shape index (κ3) is 5.89. The molecule has 0 radical (unpaired) electrons. The highest BCUT2D eigenvalue weighted by atomic mass is 16.7. The van der Waals surface area contributed by atoms with E-state index in [0.29, 0.717) is 37.2 Å². The van der Waals surface area contributed by atoms with E-state index in [2.05, 4.69) is 13.8 Å². The average Bonchev–Trinajstić information content (AvgIpc) is 3.22. The van der Waals surface area contributed by atoms with Crippen LogP contribution in [-0.2, 0) is 31.8 Å². The SMILES string of the molecule is Cc1c(CCC2CC(OC3CCCCO3)CC(=O)O2)c2c(c(C)c1OC(=O)c1ccccc1)CC(C)(C)O2. The number of cyclic esters (lactones) is 1. The first-order valence-corrected chi connectivity index (χ1v) is 13.8. The van der Waals surface area contributed by atoms with Crippen LogP contribution in [0.1, 0.15) is 85.0 Å². The van der Waals surface area contributed by atoms with Crippen LogP contribution in [0.2, 0.25) is 0 Å². The van der Waals surface area contributed by atoms with E-state index >= 15 is 0 Å². The van der Waals surface area contributed by atoms with Gasteiger partial charge in [-0.25, -0.2) is 4.79 Å². The molecular weight excluding hydrogens is 484 g/mol. The minimum absolute atomic E-state index is 0.202. The number of hydrogen-bond donors (Lipinski definition) is 0. The minimum atomic E-state index is -0.382. The molecule has 38 heavy (non-hydrogen) atoms. The lowest BCUT2D eigenvalue weighted by Crippen LogP contribution is -2.38. The van der Waals surface area contributed by atoms with Crippen molar-refractivity contribution in [2.24, 2.45) is 0 Å². The largest absolute Gasteiger partial charge is 0.487 e. The highest BCUT2D eigenvalue weighted by Gasteiger charge is 2.37. The van der Waals surface area contributed by atoms with Crippen LogP contribution in [0.5, 0.6) is 11.5 Å². The number of hydrogen-bond acceptors (Lipinski definition) is 7. The van der Waals surface area contributed by atoms with Crippen LogP contribution in [0.15, 0.2) is 30.3 Å². The van der Waals surface area contributed by atoms with Gasteiger partial charge in [0.05, 0.1) is 18.1 Å². The lowest BCUT2D eigenvalue weighted by Gasteiger charge is -2.33. The number of carbonyl (C=O) groups is 2. The number of ether oxygens (including phenoxy) is 5. The Morgan fingerprint density at radius 2 is 1.89 bits per heavy atom. The van der Waals surface area contributed by atoms with E-state index in [1.54, 1.807) is 12.1 Å². The molecular formula is C31H38O7. The van der Waals surface area contributed by atoms with Crippen LogP contribution in [0, 0.1) is 13.8 Å². The van der Waals surface area contributed by atoms with Gasteiger partial charge in [-0.3, -0.25) is 4.79 Å². The maximum atomic E-state index is 13.0. The van der Waals surface area contributed by atoms with E-state index < -0.39 is 0 Å². The summed E-state index contributed by atoms with van der Waals surface area (Å²) in [6.07, 6.45) is 5.18. The zero-order valence-electron chi connectivity index (χ0n) is 22.8. The monoisotopic (exact) mass is 522 g/mol. The molecule has 2 fully saturated rings. The van der Waals surface area contributed by atoms with Gasteiger partial charge in [0, 0.05) is 30.6 Å². The Balaban J connectivity index is 1.35. The predicted molar refractivity (Wildman–Crippen MR) is 142 cm³/mol. The van der Waals surface area contributed by atoms with Crippen molar-refractivity contribution >= 4 is 11.9 Å². The summed E-state index contributed by atoms with van der Waals surface area (Å²) in [6, 6.07) is 9.02. The number of carbonyl (C=O) groups excluding carboxylic acids is 2. The van der Waals surface area contributed by atoms with Gasteiger partial charge in [-0.1, -0.05) is 18.2 Å². The first kappa shape index (κ1) is 26.7. The molecule has 0 N–H and O–H groups in total. The number of fused-ring (bicyclic) bond motifs is 1. The Labute approximate surface area is 224 Å². The molecule has 3 aliphatic heterocycles. The second-order valence-electron chi connectivity index (χ2n) is 11.3. The Bertz CT molecular complexity index is 1180. The van der Waals surface area contributed by atoms with Gasteiger partial charge in [0.25, 0.3) is 0 Å². The van der Waals surface area contributed by atoms with Gasteiger partial charge >= 0.3 is 11.9 Å². The van der Waals surface area contributed by atoms with Crippen molar-refractivity contribution in [3.05, 3.63) is 58.1 Å². The molecule has 3 unspecified atom stereocenters. The standard InChI is InChI=1S/C31H38O7/c1-19-24(14-13-22-16-23(17-26(32)35-22)36-27-12-8-9-15-34-27)29-25(18-31(3,4)38-29)20(2)28(19)37-30(33)21-10-6-5-7-11-21/h5-7,10-11,22-23,27H,8-9,12-18H2,1-4H3. The van der Waals surface area contributed by atoms with Gasteiger partial charge in [0.15, 0.2) is 6.29 Å². The van der Waals surface area contributed by atoms with Gasteiger partial charge in [0.2, 0.25) is 0 Å². The van der Waals surface area contributed by atoms with E-state index in [-0.39, 0.29) is 42.5 Å². The molecule has 0 aromatic heterocycles.